The van der Waals surface area contributed by atoms with E-state index in [4.69, 9.17) is 0 Å². The maximum atomic E-state index is 13.1. The van der Waals surface area contributed by atoms with Crippen molar-refractivity contribution in [3.8, 4) is 6.07 Å². The van der Waals surface area contributed by atoms with Gasteiger partial charge in [-0.3, -0.25) is 9.59 Å². The topological polar surface area (TPSA) is 90.2 Å². The van der Waals surface area contributed by atoms with Crippen LogP contribution in [0.1, 0.15) is 76.3 Å². The number of carbonyl (C=O) groups is 2. The first kappa shape index (κ1) is 22.6. The molecule has 0 saturated carbocycles. The third kappa shape index (κ3) is 4.18. The van der Waals surface area contributed by atoms with Crippen LogP contribution >= 0.6 is 11.3 Å². The van der Waals surface area contributed by atoms with Crippen molar-refractivity contribution in [2.24, 2.45) is 23.2 Å². The zero-order chi connectivity index (χ0) is 22.2. The molecule has 1 amide bonds. The zero-order valence-electron chi connectivity index (χ0n) is 18.6. The lowest BCUT2D eigenvalue weighted by Crippen LogP contribution is -2.36. The molecule has 2 aliphatic carbocycles. The van der Waals surface area contributed by atoms with Crippen LogP contribution in [-0.4, -0.2) is 17.0 Å². The van der Waals surface area contributed by atoms with Crippen LogP contribution < -0.4 is 5.32 Å². The fraction of sp³-hybridized carbons (Fsp3) is 0.625. The van der Waals surface area contributed by atoms with Crippen molar-refractivity contribution in [2.45, 2.75) is 73.1 Å². The summed E-state index contributed by atoms with van der Waals surface area (Å²) in [6, 6.07) is 2.30. The Balaban J connectivity index is 1.85. The van der Waals surface area contributed by atoms with Crippen molar-refractivity contribution in [1.82, 2.24) is 0 Å². The average molecular weight is 429 g/mol. The number of fused-ring (bicyclic) bond motifs is 1. The number of amides is 1. The van der Waals surface area contributed by atoms with Gasteiger partial charge in [0.1, 0.15) is 11.1 Å². The molecule has 2 N–H and O–H groups in total. The van der Waals surface area contributed by atoms with Gasteiger partial charge in [0, 0.05) is 4.88 Å². The minimum Gasteiger partial charge on any atom is -0.481 e. The number of rotatable bonds is 5. The number of nitrogens with zero attached hydrogens (tertiary/aromatic N) is 1. The van der Waals surface area contributed by atoms with Gasteiger partial charge >= 0.3 is 5.97 Å². The van der Waals surface area contributed by atoms with Crippen molar-refractivity contribution in [3.05, 3.63) is 27.2 Å². The minimum absolute atomic E-state index is 0.246. The molecule has 1 aromatic rings. The van der Waals surface area contributed by atoms with Gasteiger partial charge in [-0.2, -0.15) is 5.26 Å². The first-order valence-corrected chi connectivity index (χ1v) is 11.6. The highest BCUT2D eigenvalue weighted by Crippen LogP contribution is 2.45. The lowest BCUT2D eigenvalue weighted by atomic mass is 9.69. The molecular formula is C24H32N2O3S. The quantitative estimate of drug-likeness (QED) is 0.602. The Morgan fingerprint density at radius 1 is 1.20 bits per heavy atom. The first-order chi connectivity index (χ1) is 14.1. The molecule has 0 unspecified atom stereocenters. The number of carbonyl (C=O) groups excluding carboxylic acids is 1. The second kappa shape index (κ2) is 8.55. The summed E-state index contributed by atoms with van der Waals surface area (Å²) in [5, 5.41) is 23.0. The molecule has 162 valence electrons. The molecule has 0 aromatic carbocycles. The summed E-state index contributed by atoms with van der Waals surface area (Å²) < 4.78 is 0. The maximum Gasteiger partial charge on any atom is 0.307 e. The number of hydrogen-bond donors (Lipinski definition) is 2. The van der Waals surface area contributed by atoms with Crippen molar-refractivity contribution < 1.29 is 14.7 Å². The van der Waals surface area contributed by atoms with Crippen molar-refractivity contribution in [2.75, 3.05) is 5.32 Å². The Morgan fingerprint density at radius 3 is 2.40 bits per heavy atom. The van der Waals surface area contributed by atoms with Gasteiger partial charge in [0.2, 0.25) is 5.91 Å². The summed E-state index contributed by atoms with van der Waals surface area (Å²) in [5.74, 6) is -1.98. The molecule has 0 saturated heterocycles. The summed E-state index contributed by atoms with van der Waals surface area (Å²) in [7, 11) is 0. The SMILES string of the molecule is CCC(C)(C)[C@@H]1CCc2c(sc(NC(=O)[C@@H]3CC(C)=C(C)C[C@H]3C(=O)O)c2C#N)C1. The van der Waals surface area contributed by atoms with Gasteiger partial charge in [-0.25, -0.2) is 0 Å². The van der Waals surface area contributed by atoms with Crippen LogP contribution in [-0.2, 0) is 22.4 Å². The van der Waals surface area contributed by atoms with Crippen molar-refractivity contribution in [1.29, 1.82) is 5.26 Å². The Bertz CT molecular complexity index is 935. The normalized spacial score (nSPS) is 24.2. The third-order valence-electron chi connectivity index (χ3n) is 7.55. The zero-order valence-corrected chi connectivity index (χ0v) is 19.4. The van der Waals surface area contributed by atoms with Gasteiger partial charge in [0.15, 0.2) is 0 Å². The van der Waals surface area contributed by atoms with E-state index in [-0.39, 0.29) is 11.3 Å². The summed E-state index contributed by atoms with van der Waals surface area (Å²) in [4.78, 5) is 26.0. The number of allylic oxidation sites excluding steroid dienone is 2. The van der Waals surface area contributed by atoms with Crippen LogP contribution in [0.4, 0.5) is 5.00 Å². The van der Waals surface area contributed by atoms with Gasteiger partial charge < -0.3 is 10.4 Å². The molecule has 5 nitrogen and oxygen atoms in total. The molecule has 0 fully saturated rings. The van der Waals surface area contributed by atoms with E-state index < -0.39 is 17.8 Å². The monoisotopic (exact) mass is 428 g/mol. The number of hydrogen-bond acceptors (Lipinski definition) is 4. The molecule has 1 heterocycles. The van der Waals surface area contributed by atoms with Crippen LogP contribution in [0, 0.1) is 34.5 Å². The molecule has 1 aromatic heterocycles. The second-order valence-corrected chi connectivity index (χ2v) is 10.7. The number of carboxylic acid groups (broad SMARTS) is 1. The van der Waals surface area contributed by atoms with E-state index in [2.05, 4.69) is 32.2 Å². The van der Waals surface area contributed by atoms with Gasteiger partial charge in [-0.15, -0.1) is 11.3 Å². The number of aliphatic carboxylic acids is 1. The largest absolute Gasteiger partial charge is 0.481 e. The Morgan fingerprint density at radius 2 is 1.83 bits per heavy atom. The predicted molar refractivity (Wildman–Crippen MR) is 119 cm³/mol. The third-order valence-corrected chi connectivity index (χ3v) is 8.72. The minimum atomic E-state index is -0.933. The van der Waals surface area contributed by atoms with Crippen LogP contribution in [0.25, 0.3) is 0 Å². The first-order valence-electron chi connectivity index (χ1n) is 10.8. The fourth-order valence-corrected chi connectivity index (χ4v) is 6.06. The lowest BCUT2D eigenvalue weighted by Gasteiger charge is -2.36. The van der Waals surface area contributed by atoms with Crippen molar-refractivity contribution >= 4 is 28.2 Å². The highest BCUT2D eigenvalue weighted by molar-refractivity contribution is 7.16. The molecule has 0 bridgehead atoms. The molecule has 6 heteroatoms. The van der Waals surface area contributed by atoms with E-state index >= 15 is 0 Å². The number of nitriles is 1. The van der Waals surface area contributed by atoms with Crippen molar-refractivity contribution in [3.63, 3.8) is 0 Å². The number of anilines is 1. The lowest BCUT2D eigenvalue weighted by molar-refractivity contribution is -0.146. The van der Waals surface area contributed by atoms with Crippen LogP contribution in [0.5, 0.6) is 0 Å². The average Bonchev–Trinajstić information content (AvgIpc) is 3.05. The van der Waals surface area contributed by atoms with Crippen LogP contribution in [0.15, 0.2) is 11.1 Å². The standard InChI is InChI=1S/C24H32N2O3S/c1-6-24(4,5)15-7-8-16-19(12-25)22(30-20(16)11-15)26-21(27)17-9-13(2)14(3)10-18(17)23(28)29/h15,17-18H,6-11H2,1-5H3,(H,26,27)(H,28,29)/t15-,17-,18-/m1/s1. The molecule has 30 heavy (non-hydrogen) atoms. The molecular weight excluding hydrogens is 396 g/mol. The molecule has 0 spiro atoms. The molecule has 0 radical (unpaired) electrons. The van der Waals surface area contributed by atoms with Gasteiger partial charge in [0.05, 0.1) is 17.4 Å². The summed E-state index contributed by atoms with van der Waals surface area (Å²) >= 11 is 1.51. The number of nitrogens with one attached hydrogen (secondary N) is 1. The number of thiophene rings is 1. The Hall–Kier alpha value is -2.13. The van der Waals surface area contributed by atoms with Gasteiger partial charge in [-0.05, 0) is 62.8 Å². The van der Waals surface area contributed by atoms with E-state index in [0.717, 1.165) is 42.4 Å². The fourth-order valence-electron chi connectivity index (χ4n) is 4.78. The summed E-state index contributed by atoms with van der Waals surface area (Å²) in [5.41, 5.74) is 4.04. The Labute approximate surface area is 183 Å². The molecule has 0 aliphatic heterocycles. The van der Waals surface area contributed by atoms with E-state index in [1.807, 2.05) is 13.8 Å². The van der Waals surface area contributed by atoms with E-state index in [0.29, 0.717) is 29.3 Å². The van der Waals surface area contributed by atoms with Gasteiger partial charge in [0.25, 0.3) is 0 Å². The van der Waals surface area contributed by atoms with Crippen LogP contribution in [0.3, 0.4) is 0 Å². The summed E-state index contributed by atoms with van der Waals surface area (Å²) in [6.07, 6.45) is 4.82. The van der Waals surface area contributed by atoms with E-state index in [9.17, 15) is 20.0 Å². The maximum absolute atomic E-state index is 13.1. The van der Waals surface area contributed by atoms with E-state index in [1.165, 1.54) is 16.2 Å². The predicted octanol–water partition coefficient (Wildman–Crippen LogP) is 5.55. The smallest absolute Gasteiger partial charge is 0.307 e. The molecule has 3 rings (SSSR count). The highest BCUT2D eigenvalue weighted by atomic mass is 32.1. The highest BCUT2D eigenvalue weighted by Gasteiger charge is 2.38. The Kier molecular flexibility index (Phi) is 6.43. The van der Waals surface area contributed by atoms with E-state index in [1.54, 1.807) is 0 Å². The second-order valence-electron chi connectivity index (χ2n) is 9.61. The molecule has 2 aliphatic rings. The van der Waals surface area contributed by atoms with Gasteiger partial charge in [-0.1, -0.05) is 38.3 Å². The summed E-state index contributed by atoms with van der Waals surface area (Å²) in [6.45, 7) is 10.7. The number of carboxylic acids is 1. The van der Waals surface area contributed by atoms with Crippen LogP contribution in [0.2, 0.25) is 0 Å². The molecule has 3 atom stereocenters.